The first-order valence-electron chi connectivity index (χ1n) is 6.63. The second-order valence-electron chi connectivity index (χ2n) is 4.98. The lowest BCUT2D eigenvalue weighted by Crippen LogP contribution is -2.20. The molecule has 0 saturated carbocycles. The van der Waals surface area contributed by atoms with Gasteiger partial charge in [0.05, 0.1) is 13.5 Å². The number of fused-ring (bicyclic) bond motifs is 1. The molecule has 0 aromatic heterocycles. The van der Waals surface area contributed by atoms with Crippen molar-refractivity contribution in [2.75, 3.05) is 7.11 Å². The van der Waals surface area contributed by atoms with Gasteiger partial charge in [-0.2, -0.15) is 0 Å². The highest BCUT2D eigenvalue weighted by Gasteiger charge is 2.30. The molecular formula is C16H14O6. The fourth-order valence-corrected chi connectivity index (χ4v) is 2.56. The smallest absolute Gasteiger partial charge is 0.202 e. The highest BCUT2D eigenvalue weighted by molar-refractivity contribution is 6.02. The molecule has 0 spiro atoms. The highest BCUT2D eigenvalue weighted by atomic mass is 16.5. The van der Waals surface area contributed by atoms with E-state index in [1.807, 2.05) is 0 Å². The molecule has 0 radical (unpaired) electrons. The van der Waals surface area contributed by atoms with Gasteiger partial charge in [-0.15, -0.1) is 0 Å². The van der Waals surface area contributed by atoms with Gasteiger partial charge in [0.25, 0.3) is 0 Å². The van der Waals surface area contributed by atoms with Crippen molar-refractivity contribution < 1.29 is 29.6 Å². The molecule has 3 N–H and O–H groups in total. The van der Waals surface area contributed by atoms with E-state index in [0.717, 1.165) is 0 Å². The van der Waals surface area contributed by atoms with Crippen molar-refractivity contribution in [2.24, 2.45) is 0 Å². The molecule has 2 aromatic carbocycles. The summed E-state index contributed by atoms with van der Waals surface area (Å²) in [6.45, 7) is 0. The van der Waals surface area contributed by atoms with Crippen LogP contribution in [0.15, 0.2) is 30.3 Å². The number of hydrogen-bond donors (Lipinski definition) is 3. The number of ketones is 1. The number of hydrogen-bond acceptors (Lipinski definition) is 6. The number of phenolic OH excluding ortho intramolecular Hbond substituents is 3. The number of carbonyl (C=O) groups excluding carboxylic acids is 1. The minimum atomic E-state index is -0.662. The number of methoxy groups -OCH3 is 1. The van der Waals surface area contributed by atoms with Crippen LogP contribution in [0.2, 0.25) is 0 Å². The Morgan fingerprint density at radius 1 is 1.14 bits per heavy atom. The average Bonchev–Trinajstić information content (AvgIpc) is 2.46. The van der Waals surface area contributed by atoms with Crippen LogP contribution in [0, 0.1) is 0 Å². The standard InChI is InChI=1S/C16H14O6/c1-21-16-11(19)5-8(6-12(16)20)14-7-10(18)15-9(17)3-2-4-13(15)22-14/h2-6,14,17,19-20H,7H2,1H3. The van der Waals surface area contributed by atoms with Crippen LogP contribution >= 0.6 is 0 Å². The number of Topliss-reactive ketones (excluding diaryl/α,β-unsaturated/α-hetero) is 1. The second kappa shape index (κ2) is 5.14. The lowest BCUT2D eigenvalue weighted by Gasteiger charge is -2.26. The van der Waals surface area contributed by atoms with Crippen LogP contribution < -0.4 is 9.47 Å². The van der Waals surface area contributed by atoms with E-state index in [1.54, 1.807) is 12.1 Å². The Morgan fingerprint density at radius 2 is 1.82 bits per heavy atom. The van der Waals surface area contributed by atoms with Gasteiger partial charge in [0.15, 0.2) is 17.3 Å². The summed E-state index contributed by atoms with van der Waals surface area (Å²) in [6.07, 6.45) is -0.667. The predicted octanol–water partition coefficient (Wildman–Crippen LogP) is 2.52. The second-order valence-corrected chi connectivity index (χ2v) is 4.98. The third-order valence-corrected chi connectivity index (χ3v) is 3.57. The molecule has 1 heterocycles. The van der Waals surface area contributed by atoms with Crippen molar-refractivity contribution >= 4 is 5.78 Å². The van der Waals surface area contributed by atoms with Gasteiger partial charge in [-0.25, -0.2) is 0 Å². The normalized spacial score (nSPS) is 16.8. The first-order valence-corrected chi connectivity index (χ1v) is 6.63. The van der Waals surface area contributed by atoms with E-state index in [0.29, 0.717) is 5.56 Å². The largest absolute Gasteiger partial charge is 0.507 e. The molecule has 1 unspecified atom stereocenters. The number of phenols is 3. The van der Waals surface area contributed by atoms with Crippen LogP contribution in [-0.2, 0) is 0 Å². The number of aromatic hydroxyl groups is 3. The van der Waals surface area contributed by atoms with Crippen molar-refractivity contribution in [2.45, 2.75) is 12.5 Å². The molecule has 0 amide bonds. The fourth-order valence-electron chi connectivity index (χ4n) is 2.56. The molecular weight excluding hydrogens is 288 g/mol. The topological polar surface area (TPSA) is 96.2 Å². The summed E-state index contributed by atoms with van der Waals surface area (Å²) in [7, 11) is 1.33. The molecule has 22 heavy (non-hydrogen) atoms. The molecule has 0 bridgehead atoms. The van der Waals surface area contributed by atoms with E-state index in [4.69, 9.17) is 9.47 Å². The first kappa shape index (κ1) is 14.1. The van der Waals surface area contributed by atoms with Crippen LogP contribution in [0.4, 0.5) is 0 Å². The first-order chi connectivity index (χ1) is 10.5. The zero-order chi connectivity index (χ0) is 15.9. The Balaban J connectivity index is 2.00. The lowest BCUT2D eigenvalue weighted by atomic mass is 9.95. The average molecular weight is 302 g/mol. The van der Waals surface area contributed by atoms with Gasteiger partial charge in [0, 0.05) is 5.56 Å². The maximum absolute atomic E-state index is 12.2. The van der Waals surface area contributed by atoms with Crippen molar-refractivity contribution in [3.05, 3.63) is 41.5 Å². The van der Waals surface area contributed by atoms with Crippen molar-refractivity contribution in [1.82, 2.24) is 0 Å². The van der Waals surface area contributed by atoms with E-state index in [2.05, 4.69) is 0 Å². The third-order valence-electron chi connectivity index (χ3n) is 3.57. The SMILES string of the molecule is COc1c(O)cc(C2CC(=O)c3c(O)cccc3O2)cc1O. The van der Waals surface area contributed by atoms with Crippen LogP contribution in [-0.4, -0.2) is 28.2 Å². The van der Waals surface area contributed by atoms with E-state index in [-0.39, 0.29) is 46.5 Å². The van der Waals surface area contributed by atoms with Crippen molar-refractivity contribution in [3.63, 3.8) is 0 Å². The fraction of sp³-hybridized carbons (Fsp3) is 0.188. The van der Waals surface area contributed by atoms with Crippen LogP contribution in [0.3, 0.4) is 0 Å². The molecule has 0 aliphatic carbocycles. The zero-order valence-corrected chi connectivity index (χ0v) is 11.7. The van der Waals surface area contributed by atoms with E-state index in [1.165, 1.54) is 25.3 Å². The van der Waals surface area contributed by atoms with Crippen molar-refractivity contribution in [1.29, 1.82) is 0 Å². The summed E-state index contributed by atoms with van der Waals surface area (Å²) < 4.78 is 10.6. The Bertz CT molecular complexity index is 729. The lowest BCUT2D eigenvalue weighted by molar-refractivity contribution is 0.0844. The third kappa shape index (κ3) is 2.18. The van der Waals surface area contributed by atoms with Gasteiger partial charge >= 0.3 is 0 Å². The van der Waals surface area contributed by atoms with Gasteiger partial charge in [0.2, 0.25) is 5.75 Å². The van der Waals surface area contributed by atoms with Gasteiger partial charge < -0.3 is 24.8 Å². The molecule has 114 valence electrons. The van der Waals surface area contributed by atoms with Crippen LogP contribution in [0.5, 0.6) is 28.7 Å². The van der Waals surface area contributed by atoms with E-state index >= 15 is 0 Å². The molecule has 0 fully saturated rings. The van der Waals surface area contributed by atoms with Gasteiger partial charge in [-0.3, -0.25) is 4.79 Å². The monoisotopic (exact) mass is 302 g/mol. The maximum atomic E-state index is 12.2. The minimum Gasteiger partial charge on any atom is -0.507 e. The molecule has 1 aliphatic heterocycles. The quantitative estimate of drug-likeness (QED) is 0.789. The Morgan fingerprint density at radius 3 is 2.45 bits per heavy atom. The molecule has 6 nitrogen and oxygen atoms in total. The minimum absolute atomic E-state index is 0.00418. The van der Waals surface area contributed by atoms with Crippen molar-refractivity contribution in [3.8, 4) is 28.7 Å². The van der Waals surface area contributed by atoms with Gasteiger partial charge in [0.1, 0.15) is 23.2 Å². The van der Waals surface area contributed by atoms with Crippen LogP contribution in [0.25, 0.3) is 0 Å². The molecule has 1 aliphatic rings. The Kier molecular flexibility index (Phi) is 3.29. The summed E-state index contributed by atoms with van der Waals surface area (Å²) >= 11 is 0. The van der Waals surface area contributed by atoms with Gasteiger partial charge in [-0.05, 0) is 24.3 Å². The number of rotatable bonds is 2. The molecule has 2 aromatic rings. The predicted molar refractivity (Wildman–Crippen MR) is 76.7 cm³/mol. The molecule has 6 heteroatoms. The number of ether oxygens (including phenoxy) is 2. The van der Waals surface area contributed by atoms with Crippen LogP contribution in [0.1, 0.15) is 28.4 Å². The summed E-state index contributed by atoms with van der Waals surface area (Å²) in [5, 5.41) is 29.4. The van der Waals surface area contributed by atoms with E-state index in [9.17, 15) is 20.1 Å². The maximum Gasteiger partial charge on any atom is 0.202 e. The Labute approximate surface area is 126 Å². The van der Waals surface area contributed by atoms with E-state index < -0.39 is 6.10 Å². The summed E-state index contributed by atoms with van der Waals surface area (Å²) in [5.41, 5.74) is 0.596. The summed E-state index contributed by atoms with van der Waals surface area (Å²) in [6, 6.07) is 7.34. The molecule has 1 atom stereocenters. The summed E-state index contributed by atoms with van der Waals surface area (Å²) in [5.74, 6) is -0.633. The highest BCUT2D eigenvalue weighted by Crippen LogP contribution is 2.43. The number of benzene rings is 2. The zero-order valence-electron chi connectivity index (χ0n) is 11.7. The molecule has 3 rings (SSSR count). The molecule has 0 saturated heterocycles. The Hall–Kier alpha value is -2.89. The number of carbonyl (C=O) groups is 1. The summed E-state index contributed by atoms with van der Waals surface area (Å²) in [4.78, 5) is 12.2. The van der Waals surface area contributed by atoms with Gasteiger partial charge in [-0.1, -0.05) is 6.07 Å².